The average Bonchev–Trinajstić information content (AvgIpc) is 4.04. The Labute approximate surface area is 346 Å². The first kappa shape index (κ1) is 38.4. The first-order valence-corrected chi connectivity index (χ1v) is 21.4. The first-order valence-electron chi connectivity index (χ1n) is 20.6. The lowest BCUT2D eigenvalue weighted by atomic mass is 9.88. The molecular weight excluding hydrogens is 737 g/mol. The van der Waals surface area contributed by atoms with Crippen molar-refractivity contribution >= 4 is 21.4 Å². The minimum absolute atomic E-state index is 0.234. The topological polar surface area (TPSA) is 46.2 Å². The van der Waals surface area contributed by atoms with Gasteiger partial charge in [0.25, 0.3) is 0 Å². The maximum Gasteiger partial charge on any atom is 0.126 e. The highest BCUT2D eigenvalue weighted by Crippen LogP contribution is 2.48. The standard InChI is InChI=1S/C52H50O5S/c1-5-15-37(16-6-1)32-53-36-44-30-49(55-34-39-19-9-3-10-20-39)52(56-35-40-21-11-4-12-22-40)51(57-44)47-29-43(28-45-27-42-23-13-14-24-50(42)58-45)46(41-25-26-41)31-48(47)54-33-38-17-7-2-8-18-38/h1-24,27,29,31,41,44,49,51-52H,25-26,28,30,32-36H2. The van der Waals surface area contributed by atoms with Gasteiger partial charge in [0.2, 0.25) is 0 Å². The third-order valence-electron chi connectivity index (χ3n) is 11.2. The molecule has 6 aromatic carbocycles. The minimum atomic E-state index is -0.483. The van der Waals surface area contributed by atoms with E-state index >= 15 is 0 Å². The molecule has 2 heterocycles. The molecule has 2 aliphatic rings. The molecule has 0 spiro atoms. The van der Waals surface area contributed by atoms with E-state index in [1.54, 1.807) is 0 Å². The molecule has 4 atom stereocenters. The van der Waals surface area contributed by atoms with Crippen molar-refractivity contribution in [2.75, 3.05) is 6.61 Å². The van der Waals surface area contributed by atoms with Crippen LogP contribution >= 0.6 is 11.3 Å². The summed E-state index contributed by atoms with van der Waals surface area (Å²) in [7, 11) is 0. The smallest absolute Gasteiger partial charge is 0.126 e. The molecule has 1 aliphatic heterocycles. The Kier molecular flexibility index (Phi) is 12.4. The van der Waals surface area contributed by atoms with Gasteiger partial charge in [0.15, 0.2) is 0 Å². The van der Waals surface area contributed by atoms with Gasteiger partial charge in [-0.25, -0.2) is 0 Å². The second kappa shape index (κ2) is 18.7. The number of fused-ring (bicyclic) bond motifs is 1. The predicted molar refractivity (Wildman–Crippen MR) is 232 cm³/mol. The van der Waals surface area contributed by atoms with Crippen LogP contribution in [0.2, 0.25) is 0 Å². The van der Waals surface area contributed by atoms with Crippen molar-refractivity contribution in [2.24, 2.45) is 0 Å². The highest BCUT2D eigenvalue weighted by molar-refractivity contribution is 7.19. The van der Waals surface area contributed by atoms with Crippen molar-refractivity contribution in [1.82, 2.24) is 0 Å². The molecule has 1 saturated heterocycles. The van der Waals surface area contributed by atoms with Crippen molar-refractivity contribution in [3.05, 3.63) is 208 Å². The van der Waals surface area contributed by atoms with Crippen LogP contribution in [0.15, 0.2) is 164 Å². The first-order chi connectivity index (χ1) is 28.7. The third-order valence-corrected chi connectivity index (χ3v) is 12.3. The maximum absolute atomic E-state index is 7.25. The van der Waals surface area contributed by atoms with E-state index in [1.165, 1.54) is 38.9 Å². The number of ether oxygens (including phenoxy) is 5. The summed E-state index contributed by atoms with van der Waals surface area (Å²) in [5.74, 6) is 1.37. The number of thiophene rings is 1. The highest BCUT2D eigenvalue weighted by Gasteiger charge is 2.43. The van der Waals surface area contributed by atoms with Gasteiger partial charge in [0.05, 0.1) is 38.6 Å². The lowest BCUT2D eigenvalue weighted by molar-refractivity contribution is -0.219. The lowest BCUT2D eigenvalue weighted by Crippen LogP contribution is -2.47. The largest absolute Gasteiger partial charge is 0.489 e. The van der Waals surface area contributed by atoms with Gasteiger partial charge in [0.1, 0.15) is 24.6 Å². The average molecular weight is 787 g/mol. The van der Waals surface area contributed by atoms with Gasteiger partial charge in [0, 0.05) is 28.0 Å². The van der Waals surface area contributed by atoms with Crippen LogP contribution < -0.4 is 4.74 Å². The Morgan fingerprint density at radius 3 is 1.79 bits per heavy atom. The Bertz CT molecular complexity index is 2310. The molecule has 0 amide bonds. The highest BCUT2D eigenvalue weighted by atomic mass is 32.1. The van der Waals surface area contributed by atoms with Crippen LogP contribution in [0.3, 0.4) is 0 Å². The fourth-order valence-electron chi connectivity index (χ4n) is 8.05. The number of rotatable bonds is 17. The second-order valence-electron chi connectivity index (χ2n) is 15.6. The van der Waals surface area contributed by atoms with Gasteiger partial charge in [-0.1, -0.05) is 140 Å². The SMILES string of the molecule is c1ccc(COCC2CC(OCc3ccccc3)C(OCc3ccccc3)C(c3cc(Cc4cc5ccccc5s4)c(C4CC4)cc3OCc3ccccc3)O2)cc1. The molecule has 58 heavy (non-hydrogen) atoms. The molecule has 5 nitrogen and oxygen atoms in total. The summed E-state index contributed by atoms with van der Waals surface area (Å²) >= 11 is 1.88. The van der Waals surface area contributed by atoms with Gasteiger partial charge in [-0.3, -0.25) is 0 Å². The summed E-state index contributed by atoms with van der Waals surface area (Å²) in [4.78, 5) is 1.35. The molecule has 9 rings (SSSR count). The number of benzene rings is 6. The van der Waals surface area contributed by atoms with Crippen LogP contribution in [-0.4, -0.2) is 24.9 Å². The number of hydrogen-bond donors (Lipinski definition) is 0. The van der Waals surface area contributed by atoms with Gasteiger partial charge in [-0.15, -0.1) is 11.3 Å². The van der Waals surface area contributed by atoms with E-state index in [0.717, 1.165) is 40.0 Å². The summed E-state index contributed by atoms with van der Waals surface area (Å²) in [5.41, 5.74) is 8.17. The molecule has 1 aliphatic carbocycles. The zero-order chi connectivity index (χ0) is 38.9. The van der Waals surface area contributed by atoms with E-state index in [-0.39, 0.29) is 12.2 Å². The molecule has 0 radical (unpaired) electrons. The van der Waals surface area contributed by atoms with E-state index < -0.39 is 12.2 Å². The lowest BCUT2D eigenvalue weighted by Gasteiger charge is -2.42. The van der Waals surface area contributed by atoms with Crippen molar-refractivity contribution in [3.63, 3.8) is 0 Å². The van der Waals surface area contributed by atoms with Gasteiger partial charge in [-0.2, -0.15) is 0 Å². The molecule has 1 saturated carbocycles. The Morgan fingerprint density at radius 1 is 0.569 bits per heavy atom. The van der Waals surface area contributed by atoms with Crippen molar-refractivity contribution in [2.45, 2.75) is 82.4 Å². The van der Waals surface area contributed by atoms with Crippen LogP contribution in [0.4, 0.5) is 0 Å². The van der Waals surface area contributed by atoms with Gasteiger partial charge >= 0.3 is 0 Å². The summed E-state index contributed by atoms with van der Waals surface area (Å²) in [6.07, 6.45) is 2.45. The van der Waals surface area contributed by atoms with Gasteiger partial charge < -0.3 is 23.7 Å². The minimum Gasteiger partial charge on any atom is -0.489 e. The molecule has 2 fully saturated rings. The summed E-state index contributed by atoms with van der Waals surface area (Å²) in [5, 5.41) is 1.29. The predicted octanol–water partition coefficient (Wildman–Crippen LogP) is 12.2. The zero-order valence-corrected chi connectivity index (χ0v) is 33.6. The molecule has 0 N–H and O–H groups in total. The summed E-state index contributed by atoms with van der Waals surface area (Å²) < 4.78 is 35.8. The summed E-state index contributed by atoms with van der Waals surface area (Å²) in [6, 6.07) is 57.2. The Hall–Kier alpha value is -5.08. The molecule has 4 unspecified atom stereocenters. The van der Waals surface area contributed by atoms with Crippen LogP contribution in [0.1, 0.15) is 75.1 Å². The molecule has 6 heteroatoms. The third kappa shape index (κ3) is 9.78. The molecule has 0 bridgehead atoms. The van der Waals surface area contributed by atoms with E-state index in [0.29, 0.717) is 45.4 Å². The van der Waals surface area contributed by atoms with Crippen LogP contribution in [0.5, 0.6) is 5.75 Å². The molecule has 294 valence electrons. The molecule has 1 aromatic heterocycles. The maximum atomic E-state index is 7.25. The second-order valence-corrected chi connectivity index (χ2v) is 16.7. The van der Waals surface area contributed by atoms with Crippen molar-refractivity contribution in [1.29, 1.82) is 0 Å². The van der Waals surface area contributed by atoms with Crippen molar-refractivity contribution < 1.29 is 23.7 Å². The molecule has 7 aromatic rings. The van der Waals surface area contributed by atoms with E-state index in [1.807, 2.05) is 47.7 Å². The Morgan fingerprint density at radius 2 is 1.16 bits per heavy atom. The van der Waals surface area contributed by atoms with E-state index in [4.69, 9.17) is 23.7 Å². The number of hydrogen-bond acceptors (Lipinski definition) is 6. The van der Waals surface area contributed by atoms with E-state index in [2.05, 4.69) is 127 Å². The van der Waals surface area contributed by atoms with Crippen LogP contribution in [0, 0.1) is 0 Å². The summed E-state index contributed by atoms with van der Waals surface area (Å²) in [6.45, 7) is 2.29. The molecular formula is C52H50O5S. The van der Waals surface area contributed by atoms with Crippen LogP contribution in [0.25, 0.3) is 10.1 Å². The van der Waals surface area contributed by atoms with Crippen LogP contribution in [-0.2, 0) is 51.8 Å². The van der Waals surface area contributed by atoms with E-state index in [9.17, 15) is 0 Å². The quantitative estimate of drug-likeness (QED) is 0.0920. The normalized spacial score (nSPS) is 19.3. The Balaban J connectivity index is 1.11. The fraction of sp³-hybridized carbons (Fsp3) is 0.269. The van der Waals surface area contributed by atoms with Crippen molar-refractivity contribution in [3.8, 4) is 5.75 Å². The fourth-order valence-corrected chi connectivity index (χ4v) is 9.14. The zero-order valence-electron chi connectivity index (χ0n) is 32.8. The van der Waals surface area contributed by atoms with Gasteiger partial charge in [-0.05, 0) is 81.8 Å². The monoisotopic (exact) mass is 786 g/mol.